The van der Waals surface area contributed by atoms with Crippen LogP contribution in [-0.2, 0) is 6.42 Å². The Bertz CT molecular complexity index is 353. The maximum absolute atomic E-state index is 13.3. The Balaban J connectivity index is 3.14. The number of halogens is 1. The van der Waals surface area contributed by atoms with Crippen LogP contribution in [0.1, 0.15) is 17.5 Å². The quantitative estimate of drug-likeness (QED) is 0.801. The average molecular weight is 213 g/mol. The Morgan fingerprint density at radius 1 is 1.53 bits per heavy atom. The first-order valence-corrected chi connectivity index (χ1v) is 4.86. The van der Waals surface area contributed by atoms with E-state index < -0.39 is 5.82 Å². The lowest BCUT2D eigenvalue weighted by Crippen LogP contribution is -2.03. The van der Waals surface area contributed by atoms with Crippen molar-refractivity contribution in [2.75, 3.05) is 13.7 Å². The van der Waals surface area contributed by atoms with E-state index in [2.05, 4.69) is 0 Å². The molecule has 0 radical (unpaired) electrons. The number of hydrogen-bond acceptors (Lipinski definition) is 3. The molecule has 3 N–H and O–H groups in total. The summed E-state index contributed by atoms with van der Waals surface area (Å²) in [5.74, 6) is -0.736. The first-order valence-electron chi connectivity index (χ1n) is 4.86. The minimum Gasteiger partial charge on any atom is -0.504 e. The molecular weight excluding hydrogens is 197 g/mol. The Morgan fingerprint density at radius 2 is 2.20 bits per heavy atom. The number of aryl methyl sites for hydroxylation is 1. The summed E-state index contributed by atoms with van der Waals surface area (Å²) in [4.78, 5) is 0. The fourth-order valence-corrected chi connectivity index (χ4v) is 1.57. The number of phenolic OH excluding ortho intramolecular Hbond substituents is 1. The molecule has 0 amide bonds. The Labute approximate surface area is 88.7 Å². The van der Waals surface area contributed by atoms with Gasteiger partial charge in [0.2, 0.25) is 0 Å². The fraction of sp³-hybridized carbons (Fsp3) is 0.455. The predicted octanol–water partition coefficient (Wildman–Crippen LogP) is 1.74. The summed E-state index contributed by atoms with van der Waals surface area (Å²) in [5, 5.41) is 9.77. The van der Waals surface area contributed by atoms with Crippen LogP contribution in [-0.4, -0.2) is 18.8 Å². The van der Waals surface area contributed by atoms with Gasteiger partial charge in [0.25, 0.3) is 0 Å². The lowest BCUT2D eigenvalue weighted by atomic mass is 10.0. The van der Waals surface area contributed by atoms with Gasteiger partial charge >= 0.3 is 0 Å². The van der Waals surface area contributed by atoms with Crippen LogP contribution in [0.25, 0.3) is 0 Å². The smallest absolute Gasteiger partial charge is 0.196 e. The van der Waals surface area contributed by atoms with Crippen molar-refractivity contribution in [2.45, 2.75) is 19.8 Å². The number of phenols is 1. The van der Waals surface area contributed by atoms with Gasteiger partial charge in [0.15, 0.2) is 17.3 Å². The molecule has 84 valence electrons. The van der Waals surface area contributed by atoms with Gasteiger partial charge in [0.05, 0.1) is 7.11 Å². The predicted molar refractivity (Wildman–Crippen MR) is 56.7 cm³/mol. The van der Waals surface area contributed by atoms with Gasteiger partial charge in [0.1, 0.15) is 0 Å². The number of rotatable bonds is 4. The molecule has 0 spiro atoms. The van der Waals surface area contributed by atoms with Crippen molar-refractivity contribution in [3.05, 3.63) is 23.0 Å². The Kier molecular flexibility index (Phi) is 3.91. The van der Waals surface area contributed by atoms with Crippen molar-refractivity contribution in [1.82, 2.24) is 0 Å². The van der Waals surface area contributed by atoms with Crippen molar-refractivity contribution >= 4 is 0 Å². The Morgan fingerprint density at radius 3 is 2.73 bits per heavy atom. The number of methoxy groups -OCH3 is 1. The van der Waals surface area contributed by atoms with Crippen LogP contribution in [0.2, 0.25) is 0 Å². The lowest BCUT2D eigenvalue weighted by Gasteiger charge is -2.12. The third-order valence-corrected chi connectivity index (χ3v) is 2.37. The van der Waals surface area contributed by atoms with Gasteiger partial charge in [0, 0.05) is 5.56 Å². The average Bonchev–Trinajstić information content (AvgIpc) is 2.17. The van der Waals surface area contributed by atoms with E-state index >= 15 is 0 Å². The van der Waals surface area contributed by atoms with Gasteiger partial charge in [-0.3, -0.25) is 0 Å². The van der Waals surface area contributed by atoms with Crippen molar-refractivity contribution in [1.29, 1.82) is 0 Å². The zero-order chi connectivity index (χ0) is 11.4. The van der Waals surface area contributed by atoms with Gasteiger partial charge in [-0.25, -0.2) is 4.39 Å². The van der Waals surface area contributed by atoms with Gasteiger partial charge in [-0.05, 0) is 37.9 Å². The Hall–Kier alpha value is -1.29. The van der Waals surface area contributed by atoms with Crippen LogP contribution < -0.4 is 10.5 Å². The van der Waals surface area contributed by atoms with Gasteiger partial charge in [-0.15, -0.1) is 0 Å². The standard InChI is InChI=1S/C11H16FNO2/c1-7-6-9(12)11(15-2)10(14)8(7)4-3-5-13/h6,14H,3-5,13H2,1-2H3. The molecule has 3 nitrogen and oxygen atoms in total. The summed E-state index contributed by atoms with van der Waals surface area (Å²) in [6.07, 6.45) is 1.38. The van der Waals surface area contributed by atoms with E-state index in [4.69, 9.17) is 10.5 Å². The van der Waals surface area contributed by atoms with E-state index in [0.717, 1.165) is 12.0 Å². The van der Waals surface area contributed by atoms with Gasteiger partial charge < -0.3 is 15.6 Å². The van der Waals surface area contributed by atoms with E-state index in [0.29, 0.717) is 18.5 Å². The molecule has 0 heterocycles. The van der Waals surface area contributed by atoms with Gasteiger partial charge in [-0.2, -0.15) is 0 Å². The fourth-order valence-electron chi connectivity index (χ4n) is 1.57. The number of benzene rings is 1. The highest BCUT2D eigenvalue weighted by atomic mass is 19.1. The minimum atomic E-state index is -0.538. The van der Waals surface area contributed by atoms with Crippen LogP contribution in [0.5, 0.6) is 11.5 Å². The summed E-state index contributed by atoms with van der Waals surface area (Å²) in [5.41, 5.74) is 6.82. The molecule has 0 saturated heterocycles. The molecule has 15 heavy (non-hydrogen) atoms. The highest BCUT2D eigenvalue weighted by Gasteiger charge is 2.15. The molecular formula is C11H16FNO2. The molecule has 0 aliphatic heterocycles. The third kappa shape index (κ3) is 2.39. The summed E-state index contributed by atoms with van der Waals surface area (Å²) >= 11 is 0. The van der Waals surface area contributed by atoms with E-state index in [1.807, 2.05) is 0 Å². The largest absolute Gasteiger partial charge is 0.504 e. The summed E-state index contributed by atoms with van der Waals surface area (Å²) in [6.45, 7) is 2.30. The molecule has 1 aromatic carbocycles. The minimum absolute atomic E-state index is 0.0902. The maximum Gasteiger partial charge on any atom is 0.196 e. The molecule has 0 atom stereocenters. The van der Waals surface area contributed by atoms with Crippen LogP contribution in [0.4, 0.5) is 4.39 Å². The molecule has 0 aromatic heterocycles. The van der Waals surface area contributed by atoms with E-state index in [1.165, 1.54) is 13.2 Å². The van der Waals surface area contributed by atoms with Crippen LogP contribution >= 0.6 is 0 Å². The number of nitrogens with two attached hydrogens (primary N) is 1. The molecule has 4 heteroatoms. The summed E-state index contributed by atoms with van der Waals surface area (Å²) < 4.78 is 18.1. The summed E-state index contributed by atoms with van der Waals surface area (Å²) in [7, 11) is 1.33. The number of aromatic hydroxyl groups is 1. The summed E-state index contributed by atoms with van der Waals surface area (Å²) in [6, 6.07) is 1.37. The molecule has 1 rings (SSSR count). The monoisotopic (exact) mass is 213 g/mol. The lowest BCUT2D eigenvalue weighted by molar-refractivity contribution is 0.348. The second-order valence-electron chi connectivity index (χ2n) is 3.43. The highest BCUT2D eigenvalue weighted by molar-refractivity contribution is 5.50. The molecule has 0 unspecified atom stereocenters. The third-order valence-electron chi connectivity index (χ3n) is 2.37. The highest BCUT2D eigenvalue weighted by Crippen LogP contribution is 2.35. The topological polar surface area (TPSA) is 55.5 Å². The van der Waals surface area contributed by atoms with Crippen molar-refractivity contribution in [3.8, 4) is 11.5 Å². The second kappa shape index (κ2) is 4.98. The molecule has 0 bridgehead atoms. The maximum atomic E-state index is 13.3. The van der Waals surface area contributed by atoms with Crippen molar-refractivity contribution < 1.29 is 14.2 Å². The van der Waals surface area contributed by atoms with Gasteiger partial charge in [-0.1, -0.05) is 0 Å². The zero-order valence-electron chi connectivity index (χ0n) is 9.01. The molecule has 0 fully saturated rings. The van der Waals surface area contributed by atoms with E-state index in [9.17, 15) is 9.50 Å². The molecule has 0 saturated carbocycles. The number of hydrogen-bond donors (Lipinski definition) is 2. The normalized spacial score (nSPS) is 10.4. The van der Waals surface area contributed by atoms with Crippen LogP contribution in [0.15, 0.2) is 6.07 Å². The van der Waals surface area contributed by atoms with E-state index in [-0.39, 0.29) is 11.5 Å². The van der Waals surface area contributed by atoms with Crippen LogP contribution in [0.3, 0.4) is 0 Å². The van der Waals surface area contributed by atoms with Crippen molar-refractivity contribution in [2.24, 2.45) is 5.73 Å². The molecule has 1 aromatic rings. The SMILES string of the molecule is COc1c(F)cc(C)c(CCCN)c1O. The van der Waals surface area contributed by atoms with Crippen molar-refractivity contribution in [3.63, 3.8) is 0 Å². The number of ether oxygens (including phenoxy) is 1. The molecule has 0 aliphatic rings. The molecule has 0 aliphatic carbocycles. The van der Waals surface area contributed by atoms with Crippen LogP contribution in [0, 0.1) is 12.7 Å². The first-order chi connectivity index (χ1) is 7.11. The second-order valence-corrected chi connectivity index (χ2v) is 3.43. The first kappa shape index (κ1) is 11.8. The van der Waals surface area contributed by atoms with E-state index in [1.54, 1.807) is 6.92 Å². The zero-order valence-corrected chi connectivity index (χ0v) is 9.01.